The molecular weight excluding hydrogens is 755 g/mol. The van der Waals surface area contributed by atoms with Gasteiger partial charge in [-0.25, -0.2) is 15.0 Å². The third kappa shape index (κ3) is 9.84. The summed E-state index contributed by atoms with van der Waals surface area (Å²) in [6, 6.07) is 38.7. The molecule has 0 saturated carbocycles. The molecule has 13 nitrogen and oxygen atoms in total. The van der Waals surface area contributed by atoms with Gasteiger partial charge in [-0.1, -0.05) is 73.5 Å². The number of benzene rings is 3. The van der Waals surface area contributed by atoms with E-state index in [1.165, 1.54) is 5.56 Å². The van der Waals surface area contributed by atoms with Gasteiger partial charge in [-0.3, -0.25) is 19.2 Å². The Kier molecular flexibility index (Phi) is 12.2. The van der Waals surface area contributed by atoms with Gasteiger partial charge in [0.2, 0.25) is 0 Å². The standard InChI is InChI=1S/C16H15N3O.C16H11N3O.C15H11N3O2/c2*1-2-12-8-9-15-18-14(11-19(15)10-12)16(20)17-13-6-4-3-5-7-13;19-10-11-6-7-14-17-13(9-18(14)8-11)15(20)16-12-4-2-1-3-5-12/h3-11H,2H2,1H3,(H,17,20);1,3-11H,(H,17,20);1-10H,(H,16,20). The van der Waals surface area contributed by atoms with E-state index in [1.807, 2.05) is 102 Å². The molecule has 13 heteroatoms. The van der Waals surface area contributed by atoms with Crippen LogP contribution in [0.3, 0.4) is 0 Å². The van der Waals surface area contributed by atoms with Crippen LogP contribution in [0, 0.1) is 12.3 Å². The number of para-hydroxylation sites is 3. The Morgan fingerprint density at radius 1 is 0.533 bits per heavy atom. The fraction of sp³-hybridized carbons (Fsp3) is 0.0426. The molecule has 3 aromatic carbocycles. The minimum absolute atomic E-state index is 0.196. The molecule has 0 aliphatic rings. The van der Waals surface area contributed by atoms with E-state index in [9.17, 15) is 19.2 Å². The highest BCUT2D eigenvalue weighted by molar-refractivity contribution is 6.04. The molecule has 0 saturated heterocycles. The van der Waals surface area contributed by atoms with Crippen molar-refractivity contribution < 1.29 is 19.2 Å². The number of nitrogens with zero attached hydrogens (tertiary/aromatic N) is 6. The van der Waals surface area contributed by atoms with Gasteiger partial charge >= 0.3 is 0 Å². The van der Waals surface area contributed by atoms with Crippen LogP contribution in [0.5, 0.6) is 0 Å². The number of aryl methyl sites for hydroxylation is 1. The summed E-state index contributed by atoms with van der Waals surface area (Å²) in [5, 5.41) is 8.39. The molecule has 0 atom stereocenters. The minimum Gasteiger partial charge on any atom is -0.321 e. The third-order valence-electron chi connectivity index (χ3n) is 8.94. The zero-order valence-electron chi connectivity index (χ0n) is 32.3. The van der Waals surface area contributed by atoms with Crippen LogP contribution in [-0.4, -0.2) is 52.2 Å². The van der Waals surface area contributed by atoms with Crippen molar-refractivity contribution in [3.8, 4) is 12.3 Å². The quantitative estimate of drug-likeness (QED) is 0.104. The lowest BCUT2D eigenvalue weighted by Gasteiger charge is -2.01. The summed E-state index contributed by atoms with van der Waals surface area (Å²) in [5.41, 5.74) is 7.85. The lowest BCUT2D eigenvalue weighted by molar-refractivity contribution is 0.101. The molecule has 3 amide bonds. The first kappa shape index (κ1) is 39.6. The van der Waals surface area contributed by atoms with Gasteiger partial charge in [-0.15, -0.1) is 6.42 Å². The number of hydrogen-bond donors (Lipinski definition) is 3. The number of anilines is 3. The Morgan fingerprint density at radius 3 is 1.35 bits per heavy atom. The van der Waals surface area contributed by atoms with Crippen LogP contribution in [0.1, 0.15) is 59.9 Å². The first-order chi connectivity index (χ1) is 29.3. The van der Waals surface area contributed by atoms with Gasteiger partial charge in [-0.2, -0.15) is 0 Å². The molecule has 6 aromatic heterocycles. The van der Waals surface area contributed by atoms with Crippen molar-refractivity contribution in [3.05, 3.63) is 198 Å². The molecule has 9 aromatic rings. The molecule has 0 aliphatic carbocycles. The van der Waals surface area contributed by atoms with Gasteiger partial charge in [0.1, 0.15) is 34.0 Å². The van der Waals surface area contributed by atoms with E-state index in [0.717, 1.165) is 35.3 Å². The summed E-state index contributed by atoms with van der Waals surface area (Å²) in [6.45, 7) is 2.10. The number of amides is 3. The smallest absolute Gasteiger partial charge is 0.275 e. The second-order valence-corrected chi connectivity index (χ2v) is 13.2. The monoisotopic (exact) mass is 791 g/mol. The Morgan fingerprint density at radius 2 is 0.933 bits per heavy atom. The summed E-state index contributed by atoms with van der Waals surface area (Å²) in [6.07, 6.45) is 17.5. The van der Waals surface area contributed by atoms with Crippen LogP contribution in [0.4, 0.5) is 17.1 Å². The second kappa shape index (κ2) is 18.5. The number of carbonyl (C=O) groups excluding carboxylic acids is 4. The Balaban J connectivity index is 0.000000136. The van der Waals surface area contributed by atoms with Gasteiger partial charge in [0, 0.05) is 65.4 Å². The number of imidazole rings is 3. The van der Waals surface area contributed by atoms with Crippen molar-refractivity contribution in [3.63, 3.8) is 0 Å². The van der Waals surface area contributed by atoms with E-state index in [4.69, 9.17) is 6.42 Å². The Hall–Kier alpha value is -8.63. The van der Waals surface area contributed by atoms with E-state index in [-0.39, 0.29) is 17.7 Å². The molecule has 0 fully saturated rings. The maximum absolute atomic E-state index is 12.2. The number of aromatic nitrogens is 6. The van der Waals surface area contributed by atoms with E-state index in [1.54, 1.807) is 76.2 Å². The van der Waals surface area contributed by atoms with Crippen LogP contribution in [0.15, 0.2) is 165 Å². The minimum atomic E-state index is -0.285. The van der Waals surface area contributed by atoms with E-state index in [2.05, 4.69) is 43.7 Å². The van der Waals surface area contributed by atoms with Gasteiger partial charge < -0.3 is 29.2 Å². The predicted molar refractivity (Wildman–Crippen MR) is 231 cm³/mol. The molecule has 0 bridgehead atoms. The van der Waals surface area contributed by atoms with E-state index < -0.39 is 0 Å². The van der Waals surface area contributed by atoms with Crippen LogP contribution in [0.2, 0.25) is 0 Å². The molecule has 0 unspecified atom stereocenters. The number of aldehydes is 1. The highest BCUT2D eigenvalue weighted by Crippen LogP contribution is 2.14. The number of terminal acetylenes is 1. The number of carbonyl (C=O) groups is 4. The average Bonchev–Trinajstić information content (AvgIpc) is 4.04. The molecule has 0 spiro atoms. The molecule has 3 N–H and O–H groups in total. The molecule has 6 heterocycles. The average molecular weight is 792 g/mol. The largest absolute Gasteiger partial charge is 0.321 e. The summed E-state index contributed by atoms with van der Waals surface area (Å²) >= 11 is 0. The highest BCUT2D eigenvalue weighted by Gasteiger charge is 2.13. The van der Waals surface area contributed by atoms with Gasteiger partial charge in [0.25, 0.3) is 17.7 Å². The van der Waals surface area contributed by atoms with E-state index in [0.29, 0.717) is 39.6 Å². The normalized spacial score (nSPS) is 10.4. The lowest BCUT2D eigenvalue weighted by atomic mass is 10.2. The number of hydrogen-bond acceptors (Lipinski definition) is 7. The summed E-state index contributed by atoms with van der Waals surface area (Å²) in [5.74, 6) is 1.82. The molecular formula is C47H37N9O4. The summed E-state index contributed by atoms with van der Waals surface area (Å²) in [7, 11) is 0. The van der Waals surface area contributed by atoms with Crippen LogP contribution in [-0.2, 0) is 6.42 Å². The van der Waals surface area contributed by atoms with Gasteiger partial charge in [-0.05, 0) is 78.7 Å². The van der Waals surface area contributed by atoms with Crippen molar-refractivity contribution in [2.24, 2.45) is 0 Å². The molecule has 0 radical (unpaired) electrons. The second-order valence-electron chi connectivity index (χ2n) is 13.2. The predicted octanol–water partition coefficient (Wildman–Crippen LogP) is 8.12. The van der Waals surface area contributed by atoms with E-state index >= 15 is 0 Å². The highest BCUT2D eigenvalue weighted by atomic mass is 16.2. The zero-order chi connectivity index (χ0) is 41.8. The van der Waals surface area contributed by atoms with Crippen LogP contribution < -0.4 is 16.0 Å². The van der Waals surface area contributed by atoms with Gasteiger partial charge in [0.05, 0.1) is 0 Å². The summed E-state index contributed by atoms with van der Waals surface area (Å²) < 4.78 is 5.29. The zero-order valence-corrected chi connectivity index (χ0v) is 32.3. The third-order valence-corrected chi connectivity index (χ3v) is 8.94. The lowest BCUT2D eigenvalue weighted by Crippen LogP contribution is -2.11. The van der Waals surface area contributed by atoms with Crippen LogP contribution in [0.25, 0.3) is 16.9 Å². The summed E-state index contributed by atoms with van der Waals surface area (Å²) in [4.78, 5) is 59.9. The molecule has 60 heavy (non-hydrogen) atoms. The number of rotatable bonds is 8. The number of pyridine rings is 3. The van der Waals surface area contributed by atoms with Crippen molar-refractivity contribution in [2.75, 3.05) is 16.0 Å². The topological polar surface area (TPSA) is 156 Å². The van der Waals surface area contributed by atoms with Crippen molar-refractivity contribution >= 4 is 58.0 Å². The Labute approximate surface area is 344 Å². The maximum Gasteiger partial charge on any atom is 0.275 e. The van der Waals surface area contributed by atoms with Crippen molar-refractivity contribution in [2.45, 2.75) is 13.3 Å². The fourth-order valence-electron chi connectivity index (χ4n) is 5.88. The molecule has 9 rings (SSSR count). The fourth-order valence-corrected chi connectivity index (χ4v) is 5.88. The SMILES string of the molecule is C#Cc1ccc2nc(C(=O)Nc3ccccc3)cn2c1.CCc1ccc2nc(C(=O)Nc3ccccc3)cn2c1.O=Cc1ccc2nc(C(=O)Nc3ccccc3)cn2c1. The first-order valence-corrected chi connectivity index (χ1v) is 18.7. The van der Waals surface area contributed by atoms with Crippen LogP contribution >= 0.6 is 0 Å². The Bertz CT molecular complexity index is 2990. The van der Waals surface area contributed by atoms with Crippen molar-refractivity contribution in [1.29, 1.82) is 0 Å². The molecule has 0 aliphatic heterocycles. The number of nitrogens with one attached hydrogen (secondary N) is 3. The maximum atomic E-state index is 12.2. The van der Waals surface area contributed by atoms with Gasteiger partial charge in [0.15, 0.2) is 6.29 Å². The molecule has 294 valence electrons. The van der Waals surface area contributed by atoms with Crippen molar-refractivity contribution in [1.82, 2.24) is 28.2 Å². The first-order valence-electron chi connectivity index (χ1n) is 18.7. The number of fused-ring (bicyclic) bond motifs is 3.